The van der Waals surface area contributed by atoms with Gasteiger partial charge in [0.1, 0.15) is 0 Å². The van der Waals surface area contributed by atoms with Gasteiger partial charge in [-0.2, -0.15) is 0 Å². The van der Waals surface area contributed by atoms with Crippen LogP contribution in [0.2, 0.25) is 0 Å². The Balaban J connectivity index is 1.40. The highest BCUT2D eigenvalue weighted by molar-refractivity contribution is 6.06. The van der Waals surface area contributed by atoms with Crippen LogP contribution in [0.4, 0.5) is 17.1 Å². The van der Waals surface area contributed by atoms with E-state index in [1.54, 1.807) is 0 Å². The highest BCUT2D eigenvalue weighted by Gasteiger charge is 2.20. The standard InChI is InChI=1S/C25H34N4O/c1-20(2)27-16-18-28(19-17-27)22-12-10-21(11-13-22)25(30)26-23-8-4-5-9-24(23)29-14-6-3-7-15-29/h4-5,8-13,20H,3,6-7,14-19H2,1-2H3,(H,26,30). The third kappa shape index (κ3) is 4.78. The van der Waals surface area contributed by atoms with Crippen molar-refractivity contribution in [1.82, 2.24) is 4.90 Å². The van der Waals surface area contributed by atoms with Gasteiger partial charge in [-0.25, -0.2) is 0 Å². The molecule has 5 nitrogen and oxygen atoms in total. The molecule has 160 valence electrons. The SMILES string of the molecule is CC(C)N1CCN(c2ccc(C(=O)Nc3ccccc3N3CCCCC3)cc2)CC1. The van der Waals surface area contributed by atoms with Gasteiger partial charge in [0.2, 0.25) is 0 Å². The monoisotopic (exact) mass is 406 g/mol. The van der Waals surface area contributed by atoms with E-state index in [4.69, 9.17) is 0 Å². The van der Waals surface area contributed by atoms with Gasteiger partial charge in [0.15, 0.2) is 0 Å². The third-order valence-electron chi connectivity index (χ3n) is 6.39. The number of piperidine rings is 1. The fourth-order valence-electron chi connectivity index (χ4n) is 4.50. The molecule has 2 aliphatic heterocycles. The van der Waals surface area contributed by atoms with Crippen molar-refractivity contribution in [2.24, 2.45) is 0 Å². The van der Waals surface area contributed by atoms with Crippen LogP contribution in [0.3, 0.4) is 0 Å². The normalized spacial score (nSPS) is 18.0. The summed E-state index contributed by atoms with van der Waals surface area (Å²) in [6, 6.07) is 16.8. The molecule has 0 unspecified atom stereocenters. The first-order valence-corrected chi connectivity index (χ1v) is 11.4. The van der Waals surface area contributed by atoms with E-state index in [1.165, 1.54) is 24.9 Å². The molecule has 0 aliphatic carbocycles. The Bertz CT molecular complexity index is 834. The van der Waals surface area contributed by atoms with Crippen molar-refractivity contribution < 1.29 is 4.79 Å². The molecule has 1 N–H and O–H groups in total. The van der Waals surface area contributed by atoms with E-state index in [2.05, 4.69) is 52.1 Å². The Hall–Kier alpha value is -2.53. The molecular formula is C25H34N4O. The largest absolute Gasteiger partial charge is 0.370 e. The maximum Gasteiger partial charge on any atom is 0.255 e. The lowest BCUT2D eigenvalue weighted by molar-refractivity contribution is 0.102. The summed E-state index contributed by atoms with van der Waals surface area (Å²) in [7, 11) is 0. The molecule has 2 aromatic rings. The summed E-state index contributed by atoms with van der Waals surface area (Å²) in [6.07, 6.45) is 3.73. The molecule has 0 bridgehead atoms. The van der Waals surface area contributed by atoms with Crippen LogP contribution in [0.5, 0.6) is 0 Å². The Morgan fingerprint density at radius 3 is 2.13 bits per heavy atom. The quantitative estimate of drug-likeness (QED) is 0.796. The summed E-state index contributed by atoms with van der Waals surface area (Å²) in [5.41, 5.74) is 3.93. The third-order valence-corrected chi connectivity index (χ3v) is 6.39. The molecule has 2 fully saturated rings. The van der Waals surface area contributed by atoms with Crippen molar-refractivity contribution >= 4 is 23.0 Å². The maximum atomic E-state index is 12.9. The molecule has 0 atom stereocenters. The maximum absolute atomic E-state index is 12.9. The van der Waals surface area contributed by atoms with E-state index in [9.17, 15) is 4.79 Å². The van der Waals surface area contributed by atoms with Crippen LogP contribution in [0.15, 0.2) is 48.5 Å². The number of para-hydroxylation sites is 2. The number of rotatable bonds is 5. The van der Waals surface area contributed by atoms with Gasteiger partial charge in [0.05, 0.1) is 11.4 Å². The Morgan fingerprint density at radius 2 is 1.47 bits per heavy atom. The van der Waals surface area contributed by atoms with E-state index in [0.717, 1.165) is 50.6 Å². The number of amides is 1. The van der Waals surface area contributed by atoms with E-state index < -0.39 is 0 Å². The number of nitrogens with zero attached hydrogens (tertiary/aromatic N) is 3. The number of benzene rings is 2. The zero-order valence-corrected chi connectivity index (χ0v) is 18.3. The Labute approximate surface area is 180 Å². The second-order valence-corrected chi connectivity index (χ2v) is 8.68. The molecule has 30 heavy (non-hydrogen) atoms. The minimum absolute atomic E-state index is 0.0457. The van der Waals surface area contributed by atoms with Crippen molar-refractivity contribution in [2.45, 2.75) is 39.2 Å². The van der Waals surface area contributed by atoms with Crippen molar-refractivity contribution in [3.05, 3.63) is 54.1 Å². The number of anilines is 3. The topological polar surface area (TPSA) is 38.8 Å². The highest BCUT2D eigenvalue weighted by Crippen LogP contribution is 2.29. The van der Waals surface area contributed by atoms with Crippen LogP contribution < -0.4 is 15.1 Å². The number of hydrogen-bond acceptors (Lipinski definition) is 4. The summed E-state index contributed by atoms with van der Waals surface area (Å²) >= 11 is 0. The van der Waals surface area contributed by atoms with Crippen LogP contribution in [-0.2, 0) is 0 Å². The van der Waals surface area contributed by atoms with Crippen molar-refractivity contribution in [3.63, 3.8) is 0 Å². The van der Waals surface area contributed by atoms with Gasteiger partial charge in [0, 0.05) is 56.6 Å². The van der Waals surface area contributed by atoms with Crippen molar-refractivity contribution in [2.75, 3.05) is 54.4 Å². The average Bonchev–Trinajstić information content (AvgIpc) is 2.80. The number of nitrogens with one attached hydrogen (secondary N) is 1. The number of carbonyl (C=O) groups is 1. The molecule has 2 saturated heterocycles. The lowest BCUT2D eigenvalue weighted by atomic mass is 10.1. The molecule has 2 heterocycles. The zero-order chi connectivity index (χ0) is 20.9. The van der Waals surface area contributed by atoms with E-state index in [1.807, 2.05) is 30.3 Å². The second kappa shape index (κ2) is 9.52. The summed E-state index contributed by atoms with van der Waals surface area (Å²) in [4.78, 5) is 20.2. The lowest BCUT2D eigenvalue weighted by Crippen LogP contribution is -2.48. The van der Waals surface area contributed by atoms with Gasteiger partial charge in [-0.3, -0.25) is 9.69 Å². The molecule has 2 aromatic carbocycles. The molecule has 0 spiro atoms. The van der Waals surface area contributed by atoms with Gasteiger partial charge in [-0.1, -0.05) is 12.1 Å². The average molecular weight is 407 g/mol. The van der Waals surface area contributed by atoms with Crippen LogP contribution in [0.25, 0.3) is 0 Å². The van der Waals surface area contributed by atoms with Crippen molar-refractivity contribution in [1.29, 1.82) is 0 Å². The molecule has 0 radical (unpaired) electrons. The molecule has 2 aliphatic rings. The molecule has 4 rings (SSSR count). The molecule has 5 heteroatoms. The lowest BCUT2D eigenvalue weighted by Gasteiger charge is -2.38. The van der Waals surface area contributed by atoms with Gasteiger partial charge < -0.3 is 15.1 Å². The van der Waals surface area contributed by atoms with Crippen LogP contribution in [-0.4, -0.2) is 56.1 Å². The van der Waals surface area contributed by atoms with Gasteiger partial charge in [-0.05, 0) is 69.5 Å². The predicted octanol–water partition coefficient (Wildman–Crippen LogP) is 4.46. The fourth-order valence-corrected chi connectivity index (χ4v) is 4.50. The fraction of sp³-hybridized carbons (Fsp3) is 0.480. The molecular weight excluding hydrogens is 372 g/mol. The smallest absolute Gasteiger partial charge is 0.255 e. The molecule has 0 saturated carbocycles. The Kier molecular flexibility index (Phi) is 6.58. The number of piperazine rings is 1. The second-order valence-electron chi connectivity index (χ2n) is 8.68. The minimum Gasteiger partial charge on any atom is -0.370 e. The van der Waals surface area contributed by atoms with Crippen LogP contribution in [0, 0.1) is 0 Å². The zero-order valence-electron chi connectivity index (χ0n) is 18.3. The first kappa shape index (κ1) is 20.7. The number of hydrogen-bond donors (Lipinski definition) is 1. The van der Waals surface area contributed by atoms with Gasteiger partial charge in [-0.15, -0.1) is 0 Å². The van der Waals surface area contributed by atoms with Crippen molar-refractivity contribution in [3.8, 4) is 0 Å². The first-order chi connectivity index (χ1) is 14.6. The number of carbonyl (C=O) groups excluding carboxylic acids is 1. The Morgan fingerprint density at radius 1 is 0.800 bits per heavy atom. The molecule has 1 amide bonds. The van der Waals surface area contributed by atoms with Gasteiger partial charge >= 0.3 is 0 Å². The summed E-state index contributed by atoms with van der Waals surface area (Å²) in [5, 5.41) is 3.14. The summed E-state index contributed by atoms with van der Waals surface area (Å²) in [5.74, 6) is -0.0457. The summed E-state index contributed by atoms with van der Waals surface area (Å²) < 4.78 is 0. The van der Waals surface area contributed by atoms with E-state index in [0.29, 0.717) is 11.6 Å². The molecule has 0 aromatic heterocycles. The predicted molar refractivity (Wildman–Crippen MR) is 126 cm³/mol. The van der Waals surface area contributed by atoms with Crippen LogP contribution >= 0.6 is 0 Å². The van der Waals surface area contributed by atoms with Crippen LogP contribution in [0.1, 0.15) is 43.5 Å². The highest BCUT2D eigenvalue weighted by atomic mass is 16.1. The van der Waals surface area contributed by atoms with E-state index >= 15 is 0 Å². The summed E-state index contributed by atoms with van der Waals surface area (Å²) in [6.45, 7) is 10.9. The first-order valence-electron chi connectivity index (χ1n) is 11.4. The minimum atomic E-state index is -0.0457. The van der Waals surface area contributed by atoms with Gasteiger partial charge in [0.25, 0.3) is 5.91 Å². The van der Waals surface area contributed by atoms with E-state index in [-0.39, 0.29) is 5.91 Å².